The fourth-order valence-electron chi connectivity index (χ4n) is 2.90. The summed E-state index contributed by atoms with van der Waals surface area (Å²) in [5, 5.41) is 11.5. The summed E-state index contributed by atoms with van der Waals surface area (Å²) in [6.45, 7) is 2.14. The van der Waals surface area contributed by atoms with Crippen molar-refractivity contribution in [2.45, 2.75) is 13.5 Å². The van der Waals surface area contributed by atoms with Crippen molar-refractivity contribution in [1.29, 1.82) is 0 Å². The molecule has 8 nitrogen and oxygen atoms in total. The zero-order chi connectivity index (χ0) is 21.1. The molecule has 0 saturated heterocycles. The van der Waals surface area contributed by atoms with Gasteiger partial charge in [0, 0.05) is 30.2 Å². The maximum Gasteiger partial charge on any atom is 0.278 e. The summed E-state index contributed by atoms with van der Waals surface area (Å²) in [5.74, 6) is 1.16. The highest BCUT2D eigenvalue weighted by Crippen LogP contribution is 2.19. The number of aromatic nitrogens is 5. The van der Waals surface area contributed by atoms with Crippen molar-refractivity contribution in [3.05, 3.63) is 83.2 Å². The third-order valence-electron chi connectivity index (χ3n) is 4.56. The lowest BCUT2D eigenvalue weighted by Gasteiger charge is -2.08. The SMILES string of the molecule is Cc1c(C(=O)Nc2ccc(OCc3nccn3C)cc2)nnn1-c1cccc(Cl)c1. The van der Waals surface area contributed by atoms with Crippen molar-refractivity contribution in [2.75, 3.05) is 5.32 Å². The Morgan fingerprint density at radius 1 is 1.20 bits per heavy atom. The van der Waals surface area contributed by atoms with Gasteiger partial charge in [-0.05, 0) is 49.4 Å². The lowest BCUT2D eigenvalue weighted by atomic mass is 10.2. The number of imidazole rings is 1. The fourth-order valence-corrected chi connectivity index (χ4v) is 3.08. The van der Waals surface area contributed by atoms with E-state index in [-0.39, 0.29) is 11.6 Å². The zero-order valence-electron chi connectivity index (χ0n) is 16.4. The molecule has 0 radical (unpaired) electrons. The molecule has 0 aliphatic heterocycles. The van der Waals surface area contributed by atoms with Gasteiger partial charge in [0.2, 0.25) is 0 Å². The second kappa shape index (κ2) is 8.38. The molecule has 0 bridgehead atoms. The van der Waals surface area contributed by atoms with Gasteiger partial charge in [-0.25, -0.2) is 9.67 Å². The Morgan fingerprint density at radius 2 is 2.00 bits per heavy atom. The van der Waals surface area contributed by atoms with Crippen molar-refractivity contribution in [3.63, 3.8) is 0 Å². The molecule has 0 aliphatic rings. The van der Waals surface area contributed by atoms with E-state index in [0.717, 1.165) is 11.5 Å². The molecule has 152 valence electrons. The Hall–Kier alpha value is -3.65. The monoisotopic (exact) mass is 422 g/mol. The number of hydrogen-bond donors (Lipinski definition) is 1. The first-order valence-electron chi connectivity index (χ1n) is 9.20. The second-order valence-corrected chi connectivity index (χ2v) is 7.07. The van der Waals surface area contributed by atoms with E-state index in [4.69, 9.17) is 16.3 Å². The molecule has 30 heavy (non-hydrogen) atoms. The summed E-state index contributed by atoms with van der Waals surface area (Å²) < 4.78 is 9.20. The Bertz CT molecular complexity index is 1180. The van der Waals surface area contributed by atoms with Gasteiger partial charge in [0.1, 0.15) is 18.2 Å². The van der Waals surface area contributed by atoms with Gasteiger partial charge < -0.3 is 14.6 Å². The molecule has 0 aliphatic carbocycles. The largest absolute Gasteiger partial charge is 0.486 e. The molecular formula is C21H19ClN6O2. The highest BCUT2D eigenvalue weighted by molar-refractivity contribution is 6.30. The van der Waals surface area contributed by atoms with E-state index in [1.807, 2.05) is 29.9 Å². The maximum absolute atomic E-state index is 12.7. The molecule has 0 fully saturated rings. The number of anilines is 1. The zero-order valence-corrected chi connectivity index (χ0v) is 17.2. The predicted molar refractivity (Wildman–Crippen MR) is 113 cm³/mol. The molecule has 0 unspecified atom stereocenters. The van der Waals surface area contributed by atoms with E-state index in [1.165, 1.54) is 0 Å². The molecule has 0 saturated carbocycles. The van der Waals surface area contributed by atoms with Crippen LogP contribution >= 0.6 is 11.6 Å². The summed E-state index contributed by atoms with van der Waals surface area (Å²) >= 11 is 6.04. The van der Waals surface area contributed by atoms with Crippen molar-refractivity contribution in [2.24, 2.45) is 7.05 Å². The van der Waals surface area contributed by atoms with Gasteiger partial charge in [0.05, 0.1) is 11.4 Å². The van der Waals surface area contributed by atoms with Crippen molar-refractivity contribution in [1.82, 2.24) is 24.5 Å². The van der Waals surface area contributed by atoms with Crippen LogP contribution in [0.4, 0.5) is 5.69 Å². The number of halogens is 1. The normalized spacial score (nSPS) is 10.8. The van der Waals surface area contributed by atoms with E-state index in [9.17, 15) is 4.79 Å². The number of ether oxygens (including phenoxy) is 1. The Morgan fingerprint density at radius 3 is 2.70 bits per heavy atom. The van der Waals surface area contributed by atoms with Crippen molar-refractivity contribution < 1.29 is 9.53 Å². The standard InChI is InChI=1S/C21H19ClN6O2/c1-14-20(25-26-28(14)17-5-3-4-15(22)12-17)21(29)24-16-6-8-18(9-7-16)30-13-19-23-10-11-27(19)2/h3-12H,13H2,1-2H3,(H,24,29). The third-order valence-corrected chi connectivity index (χ3v) is 4.80. The number of nitrogens with one attached hydrogen (secondary N) is 1. The van der Waals surface area contributed by atoms with Crippen LogP contribution in [0.3, 0.4) is 0 Å². The molecule has 2 aromatic carbocycles. The molecular weight excluding hydrogens is 404 g/mol. The lowest BCUT2D eigenvalue weighted by molar-refractivity contribution is 0.102. The van der Waals surface area contributed by atoms with Crippen LogP contribution in [-0.4, -0.2) is 30.5 Å². The highest BCUT2D eigenvalue weighted by atomic mass is 35.5. The molecule has 2 aromatic heterocycles. The summed E-state index contributed by atoms with van der Waals surface area (Å²) in [6, 6.07) is 14.3. The first kappa shape index (κ1) is 19.7. The van der Waals surface area contributed by atoms with E-state index >= 15 is 0 Å². The van der Waals surface area contributed by atoms with Crippen LogP contribution in [0.2, 0.25) is 5.02 Å². The van der Waals surface area contributed by atoms with Crippen LogP contribution in [0, 0.1) is 6.92 Å². The van der Waals surface area contributed by atoms with Crippen LogP contribution in [0.1, 0.15) is 22.0 Å². The van der Waals surface area contributed by atoms with E-state index < -0.39 is 0 Å². The minimum atomic E-state index is -0.345. The van der Waals surface area contributed by atoms with Crippen LogP contribution in [0.15, 0.2) is 60.9 Å². The number of amides is 1. The van der Waals surface area contributed by atoms with Crippen molar-refractivity contribution >= 4 is 23.2 Å². The third kappa shape index (κ3) is 4.18. The van der Waals surface area contributed by atoms with Crippen LogP contribution in [0.25, 0.3) is 5.69 Å². The number of carbonyl (C=O) groups excluding carboxylic acids is 1. The number of carbonyl (C=O) groups is 1. The maximum atomic E-state index is 12.7. The summed E-state index contributed by atoms with van der Waals surface area (Å²) in [7, 11) is 1.91. The van der Waals surface area contributed by atoms with Crippen molar-refractivity contribution in [3.8, 4) is 11.4 Å². The van der Waals surface area contributed by atoms with Gasteiger partial charge in [-0.3, -0.25) is 4.79 Å². The van der Waals surface area contributed by atoms with E-state index in [1.54, 1.807) is 54.2 Å². The summed E-state index contributed by atoms with van der Waals surface area (Å²) in [5.41, 5.74) is 2.22. The first-order chi connectivity index (χ1) is 14.5. The molecule has 1 N–H and O–H groups in total. The molecule has 4 aromatic rings. The first-order valence-corrected chi connectivity index (χ1v) is 9.58. The Kier molecular flexibility index (Phi) is 5.49. The smallest absolute Gasteiger partial charge is 0.278 e. The number of nitrogens with zero attached hydrogens (tertiary/aromatic N) is 5. The van der Waals surface area contributed by atoms with Crippen LogP contribution in [-0.2, 0) is 13.7 Å². The predicted octanol–water partition coefficient (Wildman–Crippen LogP) is 3.79. The molecule has 2 heterocycles. The molecule has 0 spiro atoms. The molecule has 1 amide bonds. The Balaban J connectivity index is 1.42. The molecule has 4 rings (SSSR count). The Labute approximate surface area is 178 Å². The number of benzene rings is 2. The van der Waals surface area contributed by atoms with Gasteiger partial charge in [-0.15, -0.1) is 5.10 Å². The minimum Gasteiger partial charge on any atom is -0.486 e. The van der Waals surface area contributed by atoms with Crippen LogP contribution in [0.5, 0.6) is 5.75 Å². The molecule has 0 atom stereocenters. The average molecular weight is 423 g/mol. The fraction of sp³-hybridized carbons (Fsp3) is 0.143. The van der Waals surface area contributed by atoms with Gasteiger partial charge in [0.15, 0.2) is 5.69 Å². The minimum absolute atomic E-state index is 0.241. The van der Waals surface area contributed by atoms with Crippen LogP contribution < -0.4 is 10.1 Å². The number of aryl methyl sites for hydroxylation is 1. The summed E-state index contributed by atoms with van der Waals surface area (Å²) in [6.07, 6.45) is 3.59. The molecule has 9 heteroatoms. The van der Waals surface area contributed by atoms with E-state index in [2.05, 4.69) is 20.6 Å². The second-order valence-electron chi connectivity index (χ2n) is 6.64. The van der Waals surface area contributed by atoms with Gasteiger partial charge in [-0.1, -0.05) is 22.9 Å². The average Bonchev–Trinajstić information content (AvgIpc) is 3.32. The number of rotatable bonds is 6. The van der Waals surface area contributed by atoms with Gasteiger partial charge in [0.25, 0.3) is 5.91 Å². The van der Waals surface area contributed by atoms with E-state index in [0.29, 0.717) is 28.8 Å². The number of hydrogen-bond acceptors (Lipinski definition) is 5. The van der Waals surface area contributed by atoms with Gasteiger partial charge >= 0.3 is 0 Å². The summed E-state index contributed by atoms with van der Waals surface area (Å²) in [4.78, 5) is 16.9. The highest BCUT2D eigenvalue weighted by Gasteiger charge is 2.17. The topological polar surface area (TPSA) is 86.9 Å². The lowest BCUT2D eigenvalue weighted by Crippen LogP contribution is -2.14. The quantitative estimate of drug-likeness (QED) is 0.510. The van der Waals surface area contributed by atoms with Gasteiger partial charge in [-0.2, -0.15) is 0 Å².